The molecule has 0 radical (unpaired) electrons. The van der Waals surface area contributed by atoms with Gasteiger partial charge in [0.2, 0.25) is 0 Å². The van der Waals surface area contributed by atoms with E-state index in [2.05, 4.69) is 10.1 Å². The first-order valence-corrected chi connectivity index (χ1v) is 5.89. The van der Waals surface area contributed by atoms with Crippen LogP contribution >= 0.6 is 0 Å². The second kappa shape index (κ2) is 4.95. The van der Waals surface area contributed by atoms with E-state index in [-0.39, 0.29) is 0 Å². The molecule has 96 valence electrons. The average molecular weight is 247 g/mol. The molecule has 0 amide bonds. The van der Waals surface area contributed by atoms with E-state index in [4.69, 9.17) is 16.0 Å². The van der Waals surface area contributed by atoms with E-state index in [9.17, 15) is 0 Å². The Balaban J connectivity index is 2.34. The van der Waals surface area contributed by atoms with E-state index in [1.807, 2.05) is 18.7 Å². The van der Waals surface area contributed by atoms with E-state index >= 15 is 0 Å². The zero-order valence-corrected chi connectivity index (χ0v) is 10.6. The first kappa shape index (κ1) is 12.2. The zero-order valence-electron chi connectivity index (χ0n) is 10.6. The summed E-state index contributed by atoms with van der Waals surface area (Å²) in [7, 11) is 0. The maximum absolute atomic E-state index is 5.74. The molecule has 0 atom stereocenters. The Labute approximate surface area is 106 Å². The number of hydrogen-bond acceptors (Lipinski definition) is 6. The molecule has 2 aromatic rings. The predicted molar refractivity (Wildman–Crippen MR) is 72.1 cm³/mol. The van der Waals surface area contributed by atoms with E-state index in [1.54, 1.807) is 18.2 Å². The minimum atomic E-state index is 0.427. The fraction of sp³-hybridized carbons (Fsp3) is 0.333. The van der Waals surface area contributed by atoms with Crippen LogP contribution in [0, 0.1) is 0 Å². The van der Waals surface area contributed by atoms with Crippen LogP contribution in [0.1, 0.15) is 13.8 Å². The summed E-state index contributed by atoms with van der Waals surface area (Å²) in [5, 5.41) is 3.95. The summed E-state index contributed by atoms with van der Waals surface area (Å²) < 4.78 is 5.23. The fourth-order valence-corrected chi connectivity index (χ4v) is 1.77. The van der Waals surface area contributed by atoms with Crippen molar-refractivity contribution in [1.82, 2.24) is 10.1 Å². The fourth-order valence-electron chi connectivity index (χ4n) is 1.77. The lowest BCUT2D eigenvalue weighted by Gasteiger charge is -2.14. The summed E-state index contributed by atoms with van der Waals surface area (Å²) in [5.74, 6) is 1.01. The second-order valence-corrected chi connectivity index (χ2v) is 3.96. The number of nitrogen functional groups attached to an aromatic ring is 2. The summed E-state index contributed by atoms with van der Waals surface area (Å²) in [5.41, 5.74) is 13.4. The maximum atomic E-state index is 5.74. The van der Waals surface area contributed by atoms with Crippen molar-refractivity contribution in [2.45, 2.75) is 13.8 Å². The molecule has 6 heteroatoms. The minimum Gasteiger partial charge on any atom is -0.399 e. The molecule has 0 saturated carbocycles. The van der Waals surface area contributed by atoms with Crippen LogP contribution in [0.3, 0.4) is 0 Å². The van der Waals surface area contributed by atoms with Crippen molar-refractivity contribution in [2.24, 2.45) is 0 Å². The summed E-state index contributed by atoms with van der Waals surface area (Å²) >= 11 is 0. The van der Waals surface area contributed by atoms with Crippen molar-refractivity contribution in [3.8, 4) is 11.5 Å². The van der Waals surface area contributed by atoms with Gasteiger partial charge in [-0.3, -0.25) is 0 Å². The van der Waals surface area contributed by atoms with Gasteiger partial charge in [-0.2, -0.15) is 4.98 Å². The van der Waals surface area contributed by atoms with Gasteiger partial charge in [-0.15, -0.1) is 0 Å². The third-order valence-electron chi connectivity index (χ3n) is 2.69. The van der Waals surface area contributed by atoms with Crippen LogP contribution in [0.25, 0.3) is 11.5 Å². The monoisotopic (exact) mass is 247 g/mol. The summed E-state index contributed by atoms with van der Waals surface area (Å²) in [4.78, 5) is 6.34. The van der Waals surface area contributed by atoms with Crippen molar-refractivity contribution in [1.29, 1.82) is 0 Å². The van der Waals surface area contributed by atoms with E-state index in [0.29, 0.717) is 23.2 Å². The van der Waals surface area contributed by atoms with Crippen LogP contribution in [-0.4, -0.2) is 23.2 Å². The Kier molecular flexibility index (Phi) is 3.36. The van der Waals surface area contributed by atoms with Gasteiger partial charge in [-0.1, -0.05) is 0 Å². The molecular weight excluding hydrogens is 230 g/mol. The number of aromatic nitrogens is 2. The molecule has 1 heterocycles. The topological polar surface area (TPSA) is 94.2 Å². The third-order valence-corrected chi connectivity index (χ3v) is 2.69. The Bertz CT molecular complexity index is 513. The van der Waals surface area contributed by atoms with Crippen molar-refractivity contribution < 1.29 is 4.52 Å². The molecule has 0 spiro atoms. The van der Waals surface area contributed by atoms with Crippen molar-refractivity contribution >= 4 is 17.3 Å². The lowest BCUT2D eigenvalue weighted by atomic mass is 10.2. The van der Waals surface area contributed by atoms with E-state index in [0.717, 1.165) is 18.7 Å². The predicted octanol–water partition coefficient (Wildman–Crippen LogP) is 1.75. The highest BCUT2D eigenvalue weighted by Crippen LogP contribution is 2.24. The lowest BCUT2D eigenvalue weighted by Crippen LogP contribution is -2.22. The van der Waals surface area contributed by atoms with Crippen LogP contribution in [0.5, 0.6) is 0 Å². The van der Waals surface area contributed by atoms with Gasteiger partial charge in [0.25, 0.3) is 11.8 Å². The Hall–Kier alpha value is -2.24. The molecule has 1 aromatic heterocycles. The highest BCUT2D eigenvalue weighted by molar-refractivity contribution is 5.67. The van der Waals surface area contributed by atoms with Crippen molar-refractivity contribution in [3.05, 3.63) is 18.2 Å². The largest absolute Gasteiger partial charge is 0.399 e. The minimum absolute atomic E-state index is 0.427. The van der Waals surface area contributed by atoms with Crippen LogP contribution in [0.4, 0.5) is 17.3 Å². The molecule has 1 aromatic carbocycles. The molecule has 0 aliphatic heterocycles. The van der Waals surface area contributed by atoms with Crippen LogP contribution in [-0.2, 0) is 0 Å². The molecule has 2 rings (SSSR count). The average Bonchev–Trinajstić information content (AvgIpc) is 2.79. The van der Waals surface area contributed by atoms with Gasteiger partial charge in [0.15, 0.2) is 0 Å². The van der Waals surface area contributed by atoms with Crippen LogP contribution in [0.15, 0.2) is 22.7 Å². The van der Waals surface area contributed by atoms with E-state index < -0.39 is 0 Å². The molecule has 0 aliphatic carbocycles. The van der Waals surface area contributed by atoms with Gasteiger partial charge in [0.1, 0.15) is 0 Å². The third kappa shape index (κ3) is 2.37. The number of benzene rings is 1. The summed E-state index contributed by atoms with van der Waals surface area (Å²) in [6, 6.07) is 5.21. The molecule has 0 saturated heterocycles. The van der Waals surface area contributed by atoms with Crippen molar-refractivity contribution in [3.63, 3.8) is 0 Å². The lowest BCUT2D eigenvalue weighted by molar-refractivity contribution is 0.429. The maximum Gasteiger partial charge on any atom is 0.266 e. The number of anilines is 3. The Morgan fingerprint density at radius 3 is 2.28 bits per heavy atom. The van der Waals surface area contributed by atoms with Gasteiger partial charge in [-0.05, 0) is 37.2 Å². The molecule has 0 aliphatic rings. The quantitative estimate of drug-likeness (QED) is 0.799. The molecule has 0 bridgehead atoms. The second-order valence-electron chi connectivity index (χ2n) is 3.96. The first-order valence-electron chi connectivity index (χ1n) is 5.89. The Morgan fingerprint density at radius 1 is 1.11 bits per heavy atom. The first-order chi connectivity index (χ1) is 8.63. The number of hydrogen-bond donors (Lipinski definition) is 2. The number of rotatable bonds is 4. The molecule has 4 N–H and O–H groups in total. The smallest absolute Gasteiger partial charge is 0.266 e. The highest BCUT2D eigenvalue weighted by Gasteiger charge is 2.13. The molecule has 6 nitrogen and oxygen atoms in total. The zero-order chi connectivity index (χ0) is 13.1. The number of nitrogens with two attached hydrogens (primary N) is 2. The molecule has 0 fully saturated rings. The van der Waals surface area contributed by atoms with Crippen molar-refractivity contribution in [2.75, 3.05) is 29.5 Å². The van der Waals surface area contributed by atoms with Crippen LogP contribution < -0.4 is 16.4 Å². The summed E-state index contributed by atoms with van der Waals surface area (Å²) in [6.07, 6.45) is 0. The van der Waals surface area contributed by atoms with E-state index in [1.165, 1.54) is 0 Å². The molecule has 18 heavy (non-hydrogen) atoms. The van der Waals surface area contributed by atoms with Gasteiger partial charge in [0, 0.05) is 30.0 Å². The van der Waals surface area contributed by atoms with Gasteiger partial charge in [-0.25, -0.2) is 0 Å². The molecule has 0 unspecified atom stereocenters. The SMILES string of the molecule is CCN(CC)c1noc(-c2cc(N)cc(N)c2)n1. The molecular formula is C12H17N5O. The van der Waals surface area contributed by atoms with Crippen LogP contribution in [0.2, 0.25) is 0 Å². The standard InChI is InChI=1S/C12H17N5O/c1-3-17(4-2)12-15-11(18-16-12)8-5-9(13)7-10(14)6-8/h5-7H,3-4,13-14H2,1-2H3. The normalized spacial score (nSPS) is 10.6. The number of nitrogens with zero attached hydrogens (tertiary/aromatic N) is 3. The highest BCUT2D eigenvalue weighted by atomic mass is 16.5. The van der Waals surface area contributed by atoms with Gasteiger partial charge < -0.3 is 20.9 Å². The van der Waals surface area contributed by atoms with Gasteiger partial charge in [0.05, 0.1) is 0 Å². The van der Waals surface area contributed by atoms with Gasteiger partial charge >= 0.3 is 0 Å². The summed E-state index contributed by atoms with van der Waals surface area (Å²) in [6.45, 7) is 5.74. The Morgan fingerprint density at radius 2 is 1.72 bits per heavy atom.